The zero-order chi connectivity index (χ0) is 19.1. The topological polar surface area (TPSA) is 92.9 Å². The van der Waals surface area contributed by atoms with Crippen LogP contribution in [-0.4, -0.2) is 39.5 Å². The maximum atomic E-state index is 13.4. The molecule has 1 aliphatic carbocycles. The van der Waals surface area contributed by atoms with Crippen LogP contribution < -0.4 is 10.6 Å². The first kappa shape index (κ1) is 17.8. The van der Waals surface area contributed by atoms with Crippen molar-refractivity contribution in [3.8, 4) is 11.4 Å². The van der Waals surface area contributed by atoms with E-state index in [0.717, 1.165) is 0 Å². The number of amides is 1. The van der Waals surface area contributed by atoms with Crippen molar-refractivity contribution in [3.63, 3.8) is 0 Å². The summed E-state index contributed by atoms with van der Waals surface area (Å²) in [4.78, 5) is 20.8. The Hall–Kier alpha value is -2.58. The van der Waals surface area contributed by atoms with E-state index in [1.807, 2.05) is 0 Å². The van der Waals surface area contributed by atoms with E-state index < -0.39 is 11.3 Å². The van der Waals surface area contributed by atoms with Crippen molar-refractivity contribution in [1.29, 1.82) is 0 Å². The van der Waals surface area contributed by atoms with Crippen molar-refractivity contribution in [2.45, 2.75) is 56.4 Å². The van der Waals surface area contributed by atoms with Gasteiger partial charge in [0.05, 0.1) is 5.56 Å². The molecule has 1 saturated heterocycles. The summed E-state index contributed by atoms with van der Waals surface area (Å²) in [6.45, 7) is 2.34. The van der Waals surface area contributed by atoms with Gasteiger partial charge in [0.25, 0.3) is 0 Å². The quantitative estimate of drug-likeness (QED) is 0.851. The first-order valence-corrected chi connectivity index (χ1v) is 9.10. The number of hydrogen-bond acceptors (Lipinski definition) is 6. The van der Waals surface area contributed by atoms with Gasteiger partial charge in [0.1, 0.15) is 11.2 Å². The second-order valence-corrected chi connectivity index (χ2v) is 7.44. The minimum Gasteiger partial charge on any atom is -0.367 e. The molecule has 9 heteroatoms. The summed E-state index contributed by atoms with van der Waals surface area (Å²) in [6, 6.07) is 3.45. The Labute approximate surface area is 154 Å². The van der Waals surface area contributed by atoms with Crippen molar-refractivity contribution >= 4 is 11.7 Å². The lowest BCUT2D eigenvalue weighted by Crippen LogP contribution is -2.32. The fourth-order valence-corrected chi connectivity index (χ4v) is 3.57. The highest BCUT2D eigenvalue weighted by Crippen LogP contribution is 2.36. The fourth-order valence-electron chi connectivity index (χ4n) is 3.57. The standard InChI is InChI=1S/C18H21F2N5O2/c1-17(8-10-22-15(17)26)16-24-14(25-27-16)12-3-2-9-21-13(12)23-11-4-6-18(19,20)7-5-11/h2-3,9,11H,4-8,10H2,1H3,(H,21,23)(H,22,26). The van der Waals surface area contributed by atoms with Crippen LogP contribution in [0.4, 0.5) is 14.6 Å². The van der Waals surface area contributed by atoms with E-state index in [1.165, 1.54) is 0 Å². The monoisotopic (exact) mass is 377 g/mol. The first-order valence-electron chi connectivity index (χ1n) is 9.10. The molecule has 1 saturated carbocycles. The maximum Gasteiger partial charge on any atom is 0.248 e. The molecule has 2 aliphatic rings. The third-order valence-corrected chi connectivity index (χ3v) is 5.42. The summed E-state index contributed by atoms with van der Waals surface area (Å²) in [6.07, 6.45) is 2.69. The molecular formula is C18H21F2N5O2. The zero-order valence-corrected chi connectivity index (χ0v) is 15.0. The SMILES string of the molecule is CC1(c2nc(-c3cccnc3NC3CCC(F)(F)CC3)no2)CCNC1=O. The number of rotatable bonds is 4. The van der Waals surface area contributed by atoms with Crippen LogP contribution in [0.2, 0.25) is 0 Å². The molecular weight excluding hydrogens is 356 g/mol. The summed E-state index contributed by atoms with van der Waals surface area (Å²) in [5.74, 6) is -1.60. The van der Waals surface area contributed by atoms with Crippen LogP contribution in [0, 0.1) is 0 Å². The number of hydrogen-bond donors (Lipinski definition) is 2. The summed E-state index contributed by atoms with van der Waals surface area (Å²) >= 11 is 0. The van der Waals surface area contributed by atoms with Crippen LogP contribution in [0.5, 0.6) is 0 Å². The van der Waals surface area contributed by atoms with Crippen LogP contribution in [0.25, 0.3) is 11.4 Å². The molecule has 2 fully saturated rings. The second-order valence-electron chi connectivity index (χ2n) is 7.44. The molecule has 0 radical (unpaired) electrons. The third-order valence-electron chi connectivity index (χ3n) is 5.42. The molecule has 4 rings (SSSR count). The number of carbonyl (C=O) groups is 1. The molecule has 1 unspecified atom stereocenters. The Morgan fingerprint density at radius 3 is 2.78 bits per heavy atom. The first-order chi connectivity index (χ1) is 12.9. The normalized spacial score (nSPS) is 25.4. The smallest absolute Gasteiger partial charge is 0.248 e. The van der Waals surface area contributed by atoms with E-state index in [-0.39, 0.29) is 30.7 Å². The predicted molar refractivity (Wildman–Crippen MR) is 93.3 cm³/mol. The molecule has 1 amide bonds. The average Bonchev–Trinajstić information content (AvgIpc) is 3.26. The van der Waals surface area contributed by atoms with E-state index in [0.29, 0.717) is 43.0 Å². The minimum atomic E-state index is -2.58. The van der Waals surface area contributed by atoms with Gasteiger partial charge in [0.15, 0.2) is 0 Å². The van der Waals surface area contributed by atoms with Crippen molar-refractivity contribution in [2.24, 2.45) is 0 Å². The van der Waals surface area contributed by atoms with Crippen molar-refractivity contribution in [1.82, 2.24) is 20.4 Å². The van der Waals surface area contributed by atoms with Crippen LogP contribution in [-0.2, 0) is 10.2 Å². The number of nitrogens with one attached hydrogen (secondary N) is 2. The number of nitrogens with zero attached hydrogens (tertiary/aromatic N) is 3. The van der Waals surface area contributed by atoms with Gasteiger partial charge in [0, 0.05) is 31.6 Å². The van der Waals surface area contributed by atoms with Crippen molar-refractivity contribution < 1.29 is 18.1 Å². The van der Waals surface area contributed by atoms with Gasteiger partial charge in [0.2, 0.25) is 23.5 Å². The zero-order valence-electron chi connectivity index (χ0n) is 15.0. The molecule has 0 spiro atoms. The van der Waals surface area contributed by atoms with E-state index in [1.54, 1.807) is 25.3 Å². The van der Waals surface area contributed by atoms with Gasteiger partial charge < -0.3 is 15.2 Å². The van der Waals surface area contributed by atoms with E-state index >= 15 is 0 Å². The van der Waals surface area contributed by atoms with Crippen LogP contribution in [0.15, 0.2) is 22.9 Å². The van der Waals surface area contributed by atoms with E-state index in [2.05, 4.69) is 25.8 Å². The fraction of sp³-hybridized carbons (Fsp3) is 0.556. The lowest BCUT2D eigenvalue weighted by molar-refractivity contribution is -0.124. The van der Waals surface area contributed by atoms with Gasteiger partial charge >= 0.3 is 0 Å². The van der Waals surface area contributed by atoms with Gasteiger partial charge in [-0.2, -0.15) is 4.98 Å². The molecule has 0 bridgehead atoms. The number of alkyl halides is 2. The van der Waals surface area contributed by atoms with Crippen molar-refractivity contribution in [2.75, 3.05) is 11.9 Å². The minimum absolute atomic E-state index is 0.0808. The number of anilines is 1. The van der Waals surface area contributed by atoms with Gasteiger partial charge in [-0.15, -0.1) is 0 Å². The van der Waals surface area contributed by atoms with Crippen LogP contribution in [0.3, 0.4) is 0 Å². The van der Waals surface area contributed by atoms with Gasteiger partial charge in [-0.1, -0.05) is 5.16 Å². The van der Waals surface area contributed by atoms with Gasteiger partial charge in [-0.3, -0.25) is 4.79 Å². The third kappa shape index (κ3) is 3.38. The average molecular weight is 377 g/mol. The molecule has 2 aromatic rings. The molecule has 2 aromatic heterocycles. The summed E-state index contributed by atoms with van der Waals surface area (Å²) < 4.78 is 32.1. The van der Waals surface area contributed by atoms with Gasteiger partial charge in [-0.25, -0.2) is 13.8 Å². The largest absolute Gasteiger partial charge is 0.367 e. The Morgan fingerprint density at radius 1 is 1.30 bits per heavy atom. The summed E-state index contributed by atoms with van der Waals surface area (Å²) in [5.41, 5.74) is -0.220. The van der Waals surface area contributed by atoms with Gasteiger partial charge in [-0.05, 0) is 38.3 Å². The Kier molecular flexibility index (Phi) is 4.32. The second kappa shape index (κ2) is 6.54. The lowest BCUT2D eigenvalue weighted by atomic mass is 9.89. The molecule has 2 N–H and O–H groups in total. The number of halogens is 2. The lowest BCUT2D eigenvalue weighted by Gasteiger charge is -2.29. The molecule has 144 valence electrons. The Bertz CT molecular complexity index is 846. The molecule has 1 aliphatic heterocycles. The molecule has 7 nitrogen and oxygen atoms in total. The van der Waals surface area contributed by atoms with Crippen molar-refractivity contribution in [3.05, 3.63) is 24.2 Å². The number of pyridine rings is 1. The Balaban J connectivity index is 1.56. The maximum absolute atomic E-state index is 13.4. The molecule has 27 heavy (non-hydrogen) atoms. The highest BCUT2D eigenvalue weighted by molar-refractivity contribution is 5.88. The van der Waals surface area contributed by atoms with Crippen LogP contribution in [0.1, 0.15) is 44.9 Å². The summed E-state index contributed by atoms with van der Waals surface area (Å²) in [5, 5.41) is 10.0. The van der Waals surface area contributed by atoms with Crippen LogP contribution >= 0.6 is 0 Å². The molecule has 3 heterocycles. The highest BCUT2D eigenvalue weighted by Gasteiger charge is 2.44. The summed E-state index contributed by atoms with van der Waals surface area (Å²) in [7, 11) is 0. The highest BCUT2D eigenvalue weighted by atomic mass is 19.3. The molecule has 0 aromatic carbocycles. The van der Waals surface area contributed by atoms with E-state index in [4.69, 9.17) is 4.52 Å². The molecule has 1 atom stereocenters. The van der Waals surface area contributed by atoms with E-state index in [9.17, 15) is 13.6 Å². The number of carbonyl (C=O) groups excluding carboxylic acids is 1. The Morgan fingerprint density at radius 2 is 2.07 bits per heavy atom. The number of aromatic nitrogens is 3. The predicted octanol–water partition coefficient (Wildman–Crippen LogP) is 2.90.